The quantitative estimate of drug-likeness (QED) is 0.273. The molecule has 3 aromatic rings. The molecule has 0 aliphatic heterocycles. The summed E-state index contributed by atoms with van der Waals surface area (Å²) < 4.78 is 17.6. The van der Waals surface area contributed by atoms with Crippen LogP contribution in [0, 0.1) is 0 Å². The predicted octanol–water partition coefficient (Wildman–Crippen LogP) is 6.79. The van der Waals surface area contributed by atoms with Gasteiger partial charge < -0.3 is 19.1 Å². The third kappa shape index (κ3) is 8.41. The minimum absolute atomic E-state index is 0.346. The number of rotatable bonds is 9. The van der Waals surface area contributed by atoms with E-state index in [-0.39, 0.29) is 0 Å². The number of halogens is 1. The number of ether oxygens (including phenoxy) is 3. The van der Waals surface area contributed by atoms with E-state index in [2.05, 4.69) is 15.9 Å². The summed E-state index contributed by atoms with van der Waals surface area (Å²) in [6.45, 7) is 6.77. The van der Waals surface area contributed by atoms with Gasteiger partial charge in [-0.05, 0) is 74.2 Å². The van der Waals surface area contributed by atoms with Gasteiger partial charge in [-0.15, -0.1) is 0 Å². The monoisotopic (exact) mass is 553 g/mol. The fraction of sp³-hybridized carbons (Fsp3) is 0.310. The van der Waals surface area contributed by atoms with E-state index in [0.29, 0.717) is 31.7 Å². The molecule has 0 saturated carbocycles. The van der Waals surface area contributed by atoms with Gasteiger partial charge in [0.2, 0.25) is 0 Å². The number of nitrogens with zero attached hydrogens (tertiary/aromatic N) is 1. The zero-order chi connectivity index (χ0) is 26.1. The molecule has 0 heterocycles. The molecule has 6 nitrogen and oxygen atoms in total. The number of benzene rings is 3. The van der Waals surface area contributed by atoms with Crippen molar-refractivity contribution < 1.29 is 23.8 Å². The van der Waals surface area contributed by atoms with Crippen LogP contribution >= 0.6 is 15.9 Å². The third-order valence-electron chi connectivity index (χ3n) is 5.33. The molecule has 0 fully saturated rings. The van der Waals surface area contributed by atoms with Crippen LogP contribution in [-0.2, 0) is 29.0 Å². The molecule has 0 aromatic heterocycles. The molecular formula is C29H32BrNO5. The highest BCUT2D eigenvalue weighted by Crippen LogP contribution is 2.22. The molecule has 7 heteroatoms. The molecular weight excluding hydrogens is 522 g/mol. The van der Waals surface area contributed by atoms with E-state index in [9.17, 15) is 9.59 Å². The van der Waals surface area contributed by atoms with Crippen LogP contribution in [0.1, 0.15) is 47.8 Å². The molecule has 0 atom stereocenters. The summed E-state index contributed by atoms with van der Waals surface area (Å²) >= 11 is 3.45. The van der Waals surface area contributed by atoms with E-state index in [1.807, 2.05) is 81.4 Å². The fourth-order valence-corrected chi connectivity index (χ4v) is 3.76. The Hall–Kier alpha value is -3.32. The van der Waals surface area contributed by atoms with Crippen molar-refractivity contribution in [3.05, 3.63) is 99.5 Å². The molecule has 3 aromatic carbocycles. The molecule has 36 heavy (non-hydrogen) atoms. The van der Waals surface area contributed by atoms with Crippen molar-refractivity contribution in [1.82, 2.24) is 4.90 Å². The number of amides is 1. The molecule has 1 amide bonds. The normalized spacial score (nSPS) is 11.0. The lowest BCUT2D eigenvalue weighted by atomic mass is 10.1. The summed E-state index contributed by atoms with van der Waals surface area (Å²) in [6.07, 6.45) is 0.198. The smallest absolute Gasteiger partial charge is 0.410 e. The number of para-hydroxylation sites is 1. The lowest BCUT2D eigenvalue weighted by molar-refractivity contribution is 0.0235. The zero-order valence-corrected chi connectivity index (χ0v) is 22.7. The summed E-state index contributed by atoms with van der Waals surface area (Å²) in [5, 5.41) is 0. The van der Waals surface area contributed by atoms with Gasteiger partial charge in [-0.3, -0.25) is 0 Å². The van der Waals surface area contributed by atoms with E-state index in [1.54, 1.807) is 17.0 Å². The first-order valence-electron chi connectivity index (χ1n) is 11.7. The predicted molar refractivity (Wildman–Crippen MR) is 143 cm³/mol. The standard InChI is InChI=1S/C29H32BrNO5/c1-29(2,3)36-28(33)31(19-21-9-13-24(14-10-21)27(32)34-4)18-17-23-7-5-6-8-26(23)35-20-22-11-15-25(30)16-12-22/h5-16H,17-20H2,1-4H3. The molecule has 190 valence electrons. The van der Waals surface area contributed by atoms with Crippen molar-refractivity contribution in [2.75, 3.05) is 13.7 Å². The highest BCUT2D eigenvalue weighted by molar-refractivity contribution is 9.10. The van der Waals surface area contributed by atoms with Crippen molar-refractivity contribution in [2.45, 2.75) is 45.9 Å². The summed E-state index contributed by atoms with van der Waals surface area (Å²) in [7, 11) is 1.35. The van der Waals surface area contributed by atoms with Crippen LogP contribution in [0.5, 0.6) is 5.75 Å². The Morgan fingerprint density at radius 3 is 2.17 bits per heavy atom. The Labute approximate surface area is 221 Å². The SMILES string of the molecule is COC(=O)c1ccc(CN(CCc2ccccc2OCc2ccc(Br)cc2)C(=O)OC(C)(C)C)cc1. The summed E-state index contributed by atoms with van der Waals surface area (Å²) in [5.41, 5.74) is 2.80. The Morgan fingerprint density at radius 2 is 1.53 bits per heavy atom. The molecule has 0 radical (unpaired) electrons. The lowest BCUT2D eigenvalue weighted by Crippen LogP contribution is -2.37. The van der Waals surface area contributed by atoms with E-state index in [4.69, 9.17) is 14.2 Å². The topological polar surface area (TPSA) is 65.1 Å². The number of methoxy groups -OCH3 is 1. The minimum atomic E-state index is -0.615. The lowest BCUT2D eigenvalue weighted by Gasteiger charge is -2.28. The van der Waals surface area contributed by atoms with Crippen LogP contribution < -0.4 is 4.74 Å². The van der Waals surface area contributed by atoms with Gasteiger partial charge in [-0.1, -0.05) is 58.4 Å². The molecule has 3 rings (SSSR count). The molecule has 0 aliphatic carbocycles. The number of hydrogen-bond donors (Lipinski definition) is 0. The molecule has 0 bridgehead atoms. The van der Waals surface area contributed by atoms with Crippen molar-refractivity contribution in [1.29, 1.82) is 0 Å². The average molecular weight is 554 g/mol. The van der Waals surface area contributed by atoms with Gasteiger partial charge in [-0.25, -0.2) is 9.59 Å². The van der Waals surface area contributed by atoms with Crippen molar-refractivity contribution >= 4 is 28.0 Å². The van der Waals surface area contributed by atoms with E-state index >= 15 is 0 Å². The second-order valence-corrected chi connectivity index (χ2v) is 10.3. The number of carbonyl (C=O) groups is 2. The van der Waals surface area contributed by atoms with E-state index in [1.165, 1.54) is 7.11 Å². The van der Waals surface area contributed by atoms with Crippen molar-refractivity contribution in [2.24, 2.45) is 0 Å². The fourth-order valence-electron chi connectivity index (χ4n) is 3.49. The molecule has 0 saturated heterocycles. The van der Waals surface area contributed by atoms with Gasteiger partial charge in [0.05, 0.1) is 12.7 Å². The number of hydrogen-bond acceptors (Lipinski definition) is 5. The van der Waals surface area contributed by atoms with Gasteiger partial charge in [0, 0.05) is 17.6 Å². The van der Waals surface area contributed by atoms with Gasteiger partial charge in [0.25, 0.3) is 0 Å². The summed E-state index contributed by atoms with van der Waals surface area (Å²) in [4.78, 5) is 26.4. The number of carbonyl (C=O) groups excluding carboxylic acids is 2. The molecule has 0 unspecified atom stereocenters. The molecule has 0 spiro atoms. The molecule has 0 aliphatic rings. The van der Waals surface area contributed by atoms with Crippen LogP contribution in [-0.4, -0.2) is 36.2 Å². The Bertz CT molecular complexity index is 1150. The average Bonchev–Trinajstić information content (AvgIpc) is 2.85. The van der Waals surface area contributed by atoms with Crippen molar-refractivity contribution in [3.8, 4) is 5.75 Å². The number of esters is 1. The second kappa shape index (κ2) is 12.6. The Morgan fingerprint density at radius 1 is 0.889 bits per heavy atom. The maximum Gasteiger partial charge on any atom is 0.410 e. The van der Waals surface area contributed by atoms with Gasteiger partial charge in [0.15, 0.2) is 0 Å². The van der Waals surface area contributed by atoms with E-state index in [0.717, 1.165) is 26.9 Å². The summed E-state index contributed by atoms with van der Waals surface area (Å²) in [6, 6.07) is 22.9. The maximum atomic E-state index is 13.0. The van der Waals surface area contributed by atoms with Gasteiger partial charge in [0.1, 0.15) is 18.0 Å². The van der Waals surface area contributed by atoms with Crippen LogP contribution in [0.4, 0.5) is 4.79 Å². The first-order chi connectivity index (χ1) is 17.1. The van der Waals surface area contributed by atoms with Crippen molar-refractivity contribution in [3.63, 3.8) is 0 Å². The van der Waals surface area contributed by atoms with Gasteiger partial charge in [-0.2, -0.15) is 0 Å². The largest absolute Gasteiger partial charge is 0.489 e. The first kappa shape index (κ1) is 27.3. The minimum Gasteiger partial charge on any atom is -0.489 e. The first-order valence-corrected chi connectivity index (χ1v) is 12.5. The second-order valence-electron chi connectivity index (χ2n) is 9.36. The van der Waals surface area contributed by atoms with Crippen LogP contribution in [0.3, 0.4) is 0 Å². The van der Waals surface area contributed by atoms with Crippen LogP contribution in [0.15, 0.2) is 77.3 Å². The highest BCUT2D eigenvalue weighted by atomic mass is 79.9. The summed E-state index contributed by atoms with van der Waals surface area (Å²) in [5.74, 6) is 0.386. The molecule has 0 N–H and O–H groups in total. The van der Waals surface area contributed by atoms with E-state index < -0.39 is 17.7 Å². The van der Waals surface area contributed by atoms with Crippen LogP contribution in [0.25, 0.3) is 0 Å². The third-order valence-corrected chi connectivity index (χ3v) is 5.86. The zero-order valence-electron chi connectivity index (χ0n) is 21.1. The Kier molecular flexibility index (Phi) is 9.53. The van der Waals surface area contributed by atoms with Gasteiger partial charge >= 0.3 is 12.1 Å². The van der Waals surface area contributed by atoms with Crippen LogP contribution in [0.2, 0.25) is 0 Å². The Balaban J connectivity index is 1.72. The highest BCUT2D eigenvalue weighted by Gasteiger charge is 2.23. The maximum absolute atomic E-state index is 13.0.